The predicted octanol–water partition coefficient (Wildman–Crippen LogP) is 1.47. The van der Waals surface area contributed by atoms with E-state index in [1.165, 1.54) is 0 Å². The van der Waals surface area contributed by atoms with Gasteiger partial charge in [0.05, 0.1) is 5.39 Å². The van der Waals surface area contributed by atoms with Crippen LogP contribution in [0.15, 0.2) is 24.9 Å². The predicted molar refractivity (Wildman–Crippen MR) is 104 cm³/mol. The molecule has 10 nitrogen and oxygen atoms in total. The summed E-state index contributed by atoms with van der Waals surface area (Å²) >= 11 is 0. The Morgan fingerprint density at radius 1 is 1.25 bits per heavy atom. The van der Waals surface area contributed by atoms with E-state index in [0.717, 1.165) is 42.8 Å². The van der Waals surface area contributed by atoms with Crippen LogP contribution in [0.2, 0.25) is 0 Å². The number of nitrogens with one attached hydrogen (secondary N) is 2. The van der Waals surface area contributed by atoms with Crippen LogP contribution in [0.3, 0.4) is 0 Å². The molecule has 1 aliphatic heterocycles. The van der Waals surface area contributed by atoms with Crippen molar-refractivity contribution in [2.75, 3.05) is 30.4 Å². The van der Waals surface area contributed by atoms with Crippen molar-refractivity contribution in [3.63, 3.8) is 0 Å². The topological polar surface area (TPSA) is 108 Å². The molecule has 3 aromatic heterocycles. The van der Waals surface area contributed by atoms with Gasteiger partial charge in [0.15, 0.2) is 0 Å². The van der Waals surface area contributed by atoms with Gasteiger partial charge in [0.25, 0.3) is 0 Å². The lowest BCUT2D eigenvalue weighted by Gasteiger charge is -2.27. The second-order valence-electron chi connectivity index (χ2n) is 7.77. The van der Waals surface area contributed by atoms with E-state index >= 15 is 0 Å². The van der Waals surface area contributed by atoms with Crippen molar-refractivity contribution in [1.82, 2.24) is 34.6 Å². The molecule has 1 aliphatic carbocycles. The van der Waals surface area contributed by atoms with Gasteiger partial charge < -0.3 is 14.8 Å². The fraction of sp³-hybridized carbons (Fsp3) is 0.500. The summed E-state index contributed by atoms with van der Waals surface area (Å²) in [5.74, 6) is 2.34. The van der Waals surface area contributed by atoms with E-state index in [0.29, 0.717) is 23.8 Å². The molecule has 0 bridgehead atoms. The lowest BCUT2D eigenvalue weighted by Crippen LogP contribution is -2.36. The van der Waals surface area contributed by atoms with Gasteiger partial charge >= 0.3 is 6.03 Å². The van der Waals surface area contributed by atoms with Crippen LogP contribution in [-0.4, -0.2) is 66.8 Å². The van der Waals surface area contributed by atoms with Crippen molar-refractivity contribution >= 4 is 28.8 Å². The standard InChI is InChI=1S/C18H23N9O/c1-25-10-22-17(24-25)23-18(28)27-7-11-5-13(6-12(11)8-27)26(2)16-14-3-4-19-15(14)20-9-21-16/h3-4,9-13H,5-8H2,1-2H3,(H,19,20,21)(H,23,24,28)/t11-,12?,13?/m1/s1. The SMILES string of the molecule is CN(c1ncnc2[nH]ccc12)C1CC2CN(C(=O)Nc3ncn(C)n3)C[C@H]2C1. The molecule has 0 radical (unpaired) electrons. The Hall–Kier alpha value is -3.17. The van der Waals surface area contributed by atoms with Gasteiger partial charge in [0, 0.05) is 39.4 Å². The van der Waals surface area contributed by atoms with Crippen molar-refractivity contribution < 1.29 is 4.79 Å². The first-order valence-corrected chi connectivity index (χ1v) is 9.51. The minimum atomic E-state index is -0.115. The molecule has 2 unspecified atom stereocenters. The molecular formula is C18H23N9O. The van der Waals surface area contributed by atoms with Gasteiger partial charge in [-0.1, -0.05) is 0 Å². The number of H-pyrrole nitrogens is 1. The average Bonchev–Trinajstić information content (AvgIpc) is 3.43. The van der Waals surface area contributed by atoms with Crippen molar-refractivity contribution in [2.45, 2.75) is 18.9 Å². The van der Waals surface area contributed by atoms with Crippen LogP contribution >= 0.6 is 0 Å². The highest BCUT2D eigenvalue weighted by Crippen LogP contribution is 2.41. The average molecular weight is 381 g/mol. The van der Waals surface area contributed by atoms with E-state index in [2.05, 4.69) is 42.3 Å². The van der Waals surface area contributed by atoms with E-state index in [4.69, 9.17) is 0 Å². The number of carbonyl (C=O) groups is 1. The molecule has 2 fully saturated rings. The quantitative estimate of drug-likeness (QED) is 0.711. The molecule has 0 aromatic carbocycles. The number of fused-ring (bicyclic) bond motifs is 2. The normalized spacial score (nSPS) is 23.9. The van der Waals surface area contributed by atoms with Gasteiger partial charge in [-0.2, -0.15) is 0 Å². The molecule has 3 atom stereocenters. The first-order chi connectivity index (χ1) is 13.6. The van der Waals surface area contributed by atoms with Gasteiger partial charge in [-0.25, -0.2) is 19.7 Å². The molecule has 10 heteroatoms. The van der Waals surface area contributed by atoms with Crippen molar-refractivity contribution in [2.24, 2.45) is 18.9 Å². The zero-order chi connectivity index (χ0) is 19.3. The molecule has 3 aromatic rings. The van der Waals surface area contributed by atoms with Crippen molar-refractivity contribution in [3.8, 4) is 0 Å². The molecule has 5 rings (SSSR count). The summed E-state index contributed by atoms with van der Waals surface area (Å²) in [6, 6.07) is 2.33. The Morgan fingerprint density at radius 3 is 2.75 bits per heavy atom. The lowest BCUT2D eigenvalue weighted by atomic mass is 10.0. The molecule has 2 aliphatic rings. The highest BCUT2D eigenvalue weighted by Gasteiger charge is 2.44. The van der Waals surface area contributed by atoms with Crippen LogP contribution in [0.4, 0.5) is 16.6 Å². The van der Waals surface area contributed by atoms with Crippen molar-refractivity contribution in [1.29, 1.82) is 0 Å². The number of anilines is 2. The summed E-state index contributed by atoms with van der Waals surface area (Å²) in [6.45, 7) is 1.55. The van der Waals surface area contributed by atoms with Gasteiger partial charge in [0.1, 0.15) is 24.1 Å². The van der Waals surface area contributed by atoms with Crippen LogP contribution < -0.4 is 10.2 Å². The molecule has 4 heterocycles. The maximum atomic E-state index is 12.5. The third-order valence-electron chi connectivity index (χ3n) is 6.05. The van der Waals surface area contributed by atoms with Crippen LogP contribution in [-0.2, 0) is 7.05 Å². The molecule has 146 valence electrons. The van der Waals surface area contributed by atoms with Crippen LogP contribution in [0, 0.1) is 11.8 Å². The molecule has 0 spiro atoms. The molecule has 2 N–H and O–H groups in total. The van der Waals surface area contributed by atoms with Crippen LogP contribution in [0.25, 0.3) is 11.0 Å². The third-order valence-corrected chi connectivity index (χ3v) is 6.05. The van der Waals surface area contributed by atoms with Gasteiger partial charge in [-0.15, -0.1) is 5.10 Å². The number of carbonyl (C=O) groups excluding carboxylic acids is 1. The first-order valence-electron chi connectivity index (χ1n) is 9.51. The number of hydrogen-bond donors (Lipinski definition) is 2. The Labute approximate surface area is 162 Å². The Balaban J connectivity index is 1.23. The number of amides is 2. The molecular weight excluding hydrogens is 358 g/mol. The van der Waals surface area contributed by atoms with E-state index in [1.54, 1.807) is 24.4 Å². The highest BCUT2D eigenvalue weighted by atomic mass is 16.2. The van der Waals surface area contributed by atoms with Gasteiger partial charge in [-0.3, -0.25) is 10.00 Å². The van der Waals surface area contributed by atoms with E-state index in [-0.39, 0.29) is 6.03 Å². The Kier molecular flexibility index (Phi) is 3.92. The third kappa shape index (κ3) is 2.85. The second kappa shape index (κ2) is 6.47. The zero-order valence-electron chi connectivity index (χ0n) is 15.9. The Morgan fingerprint density at radius 2 is 2.04 bits per heavy atom. The summed E-state index contributed by atoms with van der Waals surface area (Å²) in [7, 11) is 3.89. The number of aryl methyl sites for hydroxylation is 1. The summed E-state index contributed by atoms with van der Waals surface area (Å²) in [6.07, 6.45) is 7.19. The Bertz CT molecular complexity index is 997. The number of rotatable bonds is 3. The summed E-state index contributed by atoms with van der Waals surface area (Å²) in [5.41, 5.74) is 0.862. The number of aromatic nitrogens is 6. The smallest absolute Gasteiger partial charge is 0.324 e. The van der Waals surface area contributed by atoms with Gasteiger partial charge in [-0.05, 0) is 30.7 Å². The highest BCUT2D eigenvalue weighted by molar-refractivity contribution is 5.88. The van der Waals surface area contributed by atoms with E-state index in [1.807, 2.05) is 17.2 Å². The maximum Gasteiger partial charge on any atom is 0.324 e. The van der Waals surface area contributed by atoms with E-state index < -0.39 is 0 Å². The maximum absolute atomic E-state index is 12.5. The zero-order valence-corrected chi connectivity index (χ0v) is 15.9. The van der Waals surface area contributed by atoms with E-state index in [9.17, 15) is 4.79 Å². The molecule has 28 heavy (non-hydrogen) atoms. The summed E-state index contributed by atoms with van der Waals surface area (Å²) in [5, 5.41) is 7.94. The van der Waals surface area contributed by atoms with Gasteiger partial charge in [0.2, 0.25) is 5.95 Å². The largest absolute Gasteiger partial charge is 0.356 e. The summed E-state index contributed by atoms with van der Waals surface area (Å²) < 4.78 is 1.57. The molecule has 2 amide bonds. The number of aromatic amines is 1. The fourth-order valence-corrected chi connectivity index (χ4v) is 4.63. The number of hydrogen-bond acceptors (Lipinski definition) is 6. The summed E-state index contributed by atoms with van der Waals surface area (Å²) in [4.78, 5) is 32.7. The van der Waals surface area contributed by atoms with Crippen LogP contribution in [0.5, 0.6) is 0 Å². The molecule has 1 saturated carbocycles. The van der Waals surface area contributed by atoms with Crippen LogP contribution in [0.1, 0.15) is 12.8 Å². The fourth-order valence-electron chi connectivity index (χ4n) is 4.63. The number of urea groups is 1. The number of nitrogens with zero attached hydrogens (tertiary/aromatic N) is 7. The minimum Gasteiger partial charge on any atom is -0.356 e. The second-order valence-corrected chi connectivity index (χ2v) is 7.77. The monoisotopic (exact) mass is 381 g/mol. The number of likely N-dealkylation sites (tertiary alicyclic amines) is 1. The first kappa shape index (κ1) is 17.0. The van der Waals surface area contributed by atoms with Crippen molar-refractivity contribution in [3.05, 3.63) is 24.9 Å². The molecule has 1 saturated heterocycles. The minimum absolute atomic E-state index is 0.115. The lowest BCUT2D eigenvalue weighted by molar-refractivity contribution is 0.218.